The molecule has 136 valence electrons. The predicted octanol–water partition coefficient (Wildman–Crippen LogP) is 3.25. The normalized spacial score (nSPS) is 20.7. The molecule has 1 N–H and O–H groups in total. The second-order valence-corrected chi connectivity index (χ2v) is 6.53. The Hall–Kier alpha value is -0.980. The van der Waals surface area contributed by atoms with Gasteiger partial charge in [0.25, 0.3) is 0 Å². The number of hydrogen-bond acceptors (Lipinski definition) is 3. The van der Waals surface area contributed by atoms with Crippen LogP contribution in [0.5, 0.6) is 0 Å². The van der Waals surface area contributed by atoms with Crippen molar-refractivity contribution >= 4 is 18.1 Å². The molecule has 0 spiro atoms. The SMILES string of the molecule is Cl.FC(F)(F)c1cccc(N2CCN(CC3CCNCC3)CC2)c1. The summed E-state index contributed by atoms with van der Waals surface area (Å²) in [5.74, 6) is 0.761. The van der Waals surface area contributed by atoms with Gasteiger partial charge in [0.05, 0.1) is 5.56 Å². The molecule has 2 aliphatic heterocycles. The number of anilines is 1. The second-order valence-electron chi connectivity index (χ2n) is 6.53. The summed E-state index contributed by atoms with van der Waals surface area (Å²) in [4.78, 5) is 4.52. The maximum absolute atomic E-state index is 12.8. The number of alkyl halides is 3. The molecule has 0 aromatic heterocycles. The third kappa shape index (κ3) is 5.01. The fourth-order valence-corrected chi connectivity index (χ4v) is 3.50. The quantitative estimate of drug-likeness (QED) is 0.889. The van der Waals surface area contributed by atoms with Crippen LogP contribution in [0.3, 0.4) is 0 Å². The zero-order valence-corrected chi connectivity index (χ0v) is 14.5. The van der Waals surface area contributed by atoms with Gasteiger partial charge in [0.15, 0.2) is 0 Å². The van der Waals surface area contributed by atoms with Crippen LogP contribution in [0.15, 0.2) is 24.3 Å². The van der Waals surface area contributed by atoms with E-state index in [4.69, 9.17) is 0 Å². The highest BCUT2D eigenvalue weighted by atomic mass is 35.5. The lowest BCUT2D eigenvalue weighted by Gasteiger charge is -2.38. The molecule has 0 radical (unpaired) electrons. The van der Waals surface area contributed by atoms with Gasteiger partial charge in [-0.1, -0.05) is 6.07 Å². The Morgan fingerprint density at radius 1 is 1.04 bits per heavy atom. The minimum atomic E-state index is -4.27. The largest absolute Gasteiger partial charge is 0.416 e. The average Bonchev–Trinajstić information content (AvgIpc) is 2.56. The molecule has 1 aromatic rings. The highest BCUT2D eigenvalue weighted by Crippen LogP contribution is 2.31. The van der Waals surface area contributed by atoms with E-state index < -0.39 is 11.7 Å². The van der Waals surface area contributed by atoms with Crippen LogP contribution in [-0.2, 0) is 6.18 Å². The maximum atomic E-state index is 12.8. The monoisotopic (exact) mass is 363 g/mol. The van der Waals surface area contributed by atoms with Crippen molar-refractivity contribution in [2.45, 2.75) is 19.0 Å². The van der Waals surface area contributed by atoms with Crippen molar-refractivity contribution in [3.8, 4) is 0 Å². The summed E-state index contributed by atoms with van der Waals surface area (Å²) in [5, 5.41) is 3.38. The van der Waals surface area contributed by atoms with E-state index in [2.05, 4.69) is 15.1 Å². The number of hydrogen-bond donors (Lipinski definition) is 1. The minimum Gasteiger partial charge on any atom is -0.369 e. The number of nitrogens with one attached hydrogen (secondary N) is 1. The average molecular weight is 364 g/mol. The summed E-state index contributed by atoms with van der Waals surface area (Å²) < 4.78 is 38.5. The molecule has 2 saturated heterocycles. The molecule has 0 unspecified atom stereocenters. The van der Waals surface area contributed by atoms with E-state index in [9.17, 15) is 13.2 Å². The number of halogens is 4. The van der Waals surface area contributed by atoms with Gasteiger partial charge in [-0.25, -0.2) is 0 Å². The van der Waals surface area contributed by atoms with Gasteiger partial charge in [-0.2, -0.15) is 13.2 Å². The van der Waals surface area contributed by atoms with E-state index in [0.29, 0.717) is 5.69 Å². The Kier molecular flexibility index (Phi) is 6.78. The topological polar surface area (TPSA) is 18.5 Å². The van der Waals surface area contributed by atoms with Crippen LogP contribution in [0.1, 0.15) is 18.4 Å². The van der Waals surface area contributed by atoms with Crippen LogP contribution in [0, 0.1) is 5.92 Å². The standard InChI is InChI=1S/C17H24F3N3.ClH/c18-17(19,20)15-2-1-3-16(12-15)23-10-8-22(9-11-23)13-14-4-6-21-7-5-14;/h1-3,12,14,21H,4-11,13H2;1H. The van der Waals surface area contributed by atoms with Crippen LogP contribution in [0.25, 0.3) is 0 Å². The van der Waals surface area contributed by atoms with Crippen molar-refractivity contribution in [2.24, 2.45) is 5.92 Å². The summed E-state index contributed by atoms with van der Waals surface area (Å²) >= 11 is 0. The number of piperidine rings is 1. The van der Waals surface area contributed by atoms with E-state index in [-0.39, 0.29) is 12.4 Å². The molecule has 2 aliphatic rings. The van der Waals surface area contributed by atoms with Gasteiger partial charge in [-0.05, 0) is 50.0 Å². The molecule has 0 bridgehead atoms. The van der Waals surface area contributed by atoms with E-state index in [1.54, 1.807) is 6.07 Å². The van der Waals surface area contributed by atoms with Crippen LogP contribution in [0.4, 0.5) is 18.9 Å². The van der Waals surface area contributed by atoms with Crippen molar-refractivity contribution in [3.05, 3.63) is 29.8 Å². The van der Waals surface area contributed by atoms with Crippen LogP contribution < -0.4 is 10.2 Å². The van der Waals surface area contributed by atoms with Gasteiger partial charge in [0.1, 0.15) is 0 Å². The van der Waals surface area contributed by atoms with E-state index in [1.807, 2.05) is 0 Å². The lowest BCUT2D eigenvalue weighted by Crippen LogP contribution is -2.48. The summed E-state index contributed by atoms with van der Waals surface area (Å²) in [6.07, 6.45) is -1.81. The fourth-order valence-electron chi connectivity index (χ4n) is 3.50. The van der Waals surface area contributed by atoms with Crippen LogP contribution in [-0.4, -0.2) is 50.7 Å². The van der Waals surface area contributed by atoms with Crippen molar-refractivity contribution in [1.29, 1.82) is 0 Å². The first-order chi connectivity index (χ1) is 11.0. The lowest BCUT2D eigenvalue weighted by atomic mass is 9.97. The van der Waals surface area contributed by atoms with Crippen LogP contribution in [0.2, 0.25) is 0 Å². The summed E-state index contributed by atoms with van der Waals surface area (Å²) in [5.41, 5.74) is 0.119. The number of benzene rings is 1. The molecule has 7 heteroatoms. The minimum absolute atomic E-state index is 0. The zero-order valence-electron chi connectivity index (χ0n) is 13.7. The van der Waals surface area contributed by atoms with Gasteiger partial charge >= 0.3 is 6.18 Å². The molecule has 2 fully saturated rings. The van der Waals surface area contributed by atoms with Crippen molar-refractivity contribution < 1.29 is 13.2 Å². The van der Waals surface area contributed by atoms with Gasteiger partial charge in [0, 0.05) is 38.4 Å². The van der Waals surface area contributed by atoms with Gasteiger partial charge in [0.2, 0.25) is 0 Å². The molecule has 0 aliphatic carbocycles. The molecule has 1 aromatic carbocycles. The number of nitrogens with zero attached hydrogens (tertiary/aromatic N) is 2. The Balaban J connectivity index is 0.00000208. The first-order valence-electron chi connectivity index (χ1n) is 8.37. The number of rotatable bonds is 3. The summed E-state index contributed by atoms with van der Waals surface area (Å²) in [6.45, 7) is 6.79. The Morgan fingerprint density at radius 2 is 1.71 bits per heavy atom. The second kappa shape index (κ2) is 8.41. The van der Waals surface area contributed by atoms with Gasteiger partial charge < -0.3 is 10.2 Å². The van der Waals surface area contributed by atoms with Crippen molar-refractivity contribution in [1.82, 2.24) is 10.2 Å². The van der Waals surface area contributed by atoms with E-state index in [0.717, 1.165) is 57.8 Å². The molecule has 2 heterocycles. The van der Waals surface area contributed by atoms with Crippen molar-refractivity contribution in [3.63, 3.8) is 0 Å². The predicted molar refractivity (Wildman–Crippen MR) is 92.9 cm³/mol. The Morgan fingerprint density at radius 3 is 2.33 bits per heavy atom. The van der Waals surface area contributed by atoms with E-state index >= 15 is 0 Å². The van der Waals surface area contributed by atoms with Crippen molar-refractivity contribution in [2.75, 3.05) is 50.7 Å². The molecule has 3 nitrogen and oxygen atoms in total. The third-order valence-corrected chi connectivity index (χ3v) is 4.89. The third-order valence-electron chi connectivity index (χ3n) is 4.89. The van der Waals surface area contributed by atoms with Crippen LogP contribution >= 0.6 is 12.4 Å². The summed E-state index contributed by atoms with van der Waals surface area (Å²) in [7, 11) is 0. The highest BCUT2D eigenvalue weighted by molar-refractivity contribution is 5.85. The fraction of sp³-hybridized carbons (Fsp3) is 0.647. The molecule has 3 rings (SSSR count). The molecular weight excluding hydrogens is 339 g/mol. The van der Waals surface area contributed by atoms with E-state index in [1.165, 1.54) is 25.0 Å². The first kappa shape index (κ1) is 19.3. The molecular formula is C17H25ClF3N3. The summed E-state index contributed by atoms with van der Waals surface area (Å²) in [6, 6.07) is 5.68. The molecule has 0 saturated carbocycles. The molecule has 0 amide bonds. The number of piperazine rings is 1. The molecule has 24 heavy (non-hydrogen) atoms. The lowest BCUT2D eigenvalue weighted by molar-refractivity contribution is -0.137. The van der Waals surface area contributed by atoms with Gasteiger partial charge in [-0.15, -0.1) is 12.4 Å². The Bertz CT molecular complexity index is 510. The molecule has 0 atom stereocenters. The zero-order chi connectivity index (χ0) is 16.3. The Labute approximate surface area is 147 Å². The highest BCUT2D eigenvalue weighted by Gasteiger charge is 2.31. The maximum Gasteiger partial charge on any atom is 0.416 e. The smallest absolute Gasteiger partial charge is 0.369 e. The first-order valence-corrected chi connectivity index (χ1v) is 8.37. The van der Waals surface area contributed by atoms with Gasteiger partial charge in [-0.3, -0.25) is 4.90 Å².